The zero-order chi connectivity index (χ0) is 14.9. The molecule has 0 amide bonds. The molecule has 0 heterocycles. The van der Waals surface area contributed by atoms with Crippen LogP contribution in [0.3, 0.4) is 0 Å². The number of nitrogens with two attached hydrogens (primary N) is 1. The van der Waals surface area contributed by atoms with Crippen molar-refractivity contribution in [1.82, 2.24) is 0 Å². The van der Waals surface area contributed by atoms with E-state index in [1.807, 2.05) is 0 Å². The standard InChI is InChI=1S/C12H13FN2O5/c13-9-5-8(15(18)19)3-4-10(9)20-6-12(14,11(16)17)7-1-2-7/h3-5,7H,1-2,6,14H2,(H,16,17). The fraction of sp³-hybridized carbons (Fsp3) is 0.417. The summed E-state index contributed by atoms with van der Waals surface area (Å²) in [6.07, 6.45) is 1.38. The van der Waals surface area contributed by atoms with Crippen molar-refractivity contribution in [1.29, 1.82) is 0 Å². The van der Waals surface area contributed by atoms with Crippen LogP contribution in [0, 0.1) is 21.8 Å². The minimum absolute atomic E-state index is 0.193. The van der Waals surface area contributed by atoms with Crippen LogP contribution in [0.25, 0.3) is 0 Å². The number of ether oxygens (including phenoxy) is 1. The maximum absolute atomic E-state index is 13.6. The molecule has 1 aromatic rings. The Labute approximate surface area is 113 Å². The molecule has 0 spiro atoms. The van der Waals surface area contributed by atoms with Crippen LogP contribution < -0.4 is 10.5 Å². The van der Waals surface area contributed by atoms with Gasteiger partial charge in [-0.1, -0.05) is 0 Å². The van der Waals surface area contributed by atoms with Crippen molar-refractivity contribution < 1.29 is 24.0 Å². The number of rotatable bonds is 6. The Bertz CT molecular complexity index is 561. The van der Waals surface area contributed by atoms with Crippen molar-refractivity contribution in [2.45, 2.75) is 18.4 Å². The zero-order valence-corrected chi connectivity index (χ0v) is 10.4. The molecule has 1 fully saturated rings. The number of nitro groups is 1. The largest absolute Gasteiger partial charge is 0.488 e. The van der Waals surface area contributed by atoms with Gasteiger partial charge in [-0.2, -0.15) is 0 Å². The van der Waals surface area contributed by atoms with Crippen LogP contribution >= 0.6 is 0 Å². The van der Waals surface area contributed by atoms with Gasteiger partial charge in [-0.15, -0.1) is 0 Å². The second kappa shape index (κ2) is 5.04. The third-order valence-electron chi connectivity index (χ3n) is 3.30. The number of nitrogens with zero attached hydrogens (tertiary/aromatic N) is 1. The number of carbonyl (C=O) groups is 1. The average Bonchev–Trinajstić information content (AvgIpc) is 3.20. The van der Waals surface area contributed by atoms with Crippen LogP contribution in [-0.4, -0.2) is 28.1 Å². The van der Waals surface area contributed by atoms with E-state index in [0.29, 0.717) is 18.9 Å². The zero-order valence-electron chi connectivity index (χ0n) is 10.4. The van der Waals surface area contributed by atoms with Crippen molar-refractivity contribution in [3.63, 3.8) is 0 Å². The van der Waals surface area contributed by atoms with Gasteiger partial charge in [0.2, 0.25) is 0 Å². The van der Waals surface area contributed by atoms with E-state index >= 15 is 0 Å². The molecule has 1 atom stereocenters. The molecular formula is C12H13FN2O5. The lowest BCUT2D eigenvalue weighted by molar-refractivity contribution is -0.385. The average molecular weight is 284 g/mol. The molecule has 2 rings (SSSR count). The Morgan fingerprint density at radius 3 is 2.70 bits per heavy atom. The molecule has 0 radical (unpaired) electrons. The van der Waals surface area contributed by atoms with Crippen molar-refractivity contribution in [2.24, 2.45) is 11.7 Å². The topological polar surface area (TPSA) is 116 Å². The van der Waals surface area contributed by atoms with Crippen molar-refractivity contribution in [3.05, 3.63) is 34.1 Å². The fourth-order valence-electron chi connectivity index (χ4n) is 1.87. The molecule has 1 saturated carbocycles. The summed E-state index contributed by atoms with van der Waals surface area (Å²) >= 11 is 0. The van der Waals surface area contributed by atoms with E-state index in [-0.39, 0.29) is 18.3 Å². The van der Waals surface area contributed by atoms with Crippen LogP contribution in [0.2, 0.25) is 0 Å². The van der Waals surface area contributed by atoms with Crippen LogP contribution in [0.1, 0.15) is 12.8 Å². The Hall–Kier alpha value is -2.22. The lowest BCUT2D eigenvalue weighted by Crippen LogP contribution is -2.54. The quantitative estimate of drug-likeness (QED) is 0.601. The van der Waals surface area contributed by atoms with E-state index in [4.69, 9.17) is 15.6 Å². The first kappa shape index (κ1) is 14.2. The van der Waals surface area contributed by atoms with E-state index in [2.05, 4.69) is 0 Å². The van der Waals surface area contributed by atoms with E-state index in [0.717, 1.165) is 12.1 Å². The highest BCUT2D eigenvalue weighted by Crippen LogP contribution is 2.39. The number of nitro benzene ring substituents is 1. The third-order valence-corrected chi connectivity index (χ3v) is 3.30. The SMILES string of the molecule is NC(COc1ccc([N+](=O)[O-])cc1F)(C(=O)O)C1CC1. The van der Waals surface area contributed by atoms with Gasteiger partial charge in [-0.3, -0.25) is 14.9 Å². The van der Waals surface area contributed by atoms with Crippen LogP contribution in [0.15, 0.2) is 18.2 Å². The Morgan fingerprint density at radius 2 is 2.25 bits per heavy atom. The molecule has 1 aliphatic carbocycles. The van der Waals surface area contributed by atoms with Gasteiger partial charge in [0, 0.05) is 6.07 Å². The Balaban J connectivity index is 2.10. The van der Waals surface area contributed by atoms with Crippen LogP contribution in [-0.2, 0) is 4.79 Å². The summed E-state index contributed by atoms with van der Waals surface area (Å²) in [7, 11) is 0. The number of aliphatic carboxylic acids is 1. The molecule has 8 heteroatoms. The predicted octanol–water partition coefficient (Wildman–Crippen LogP) is 1.30. The van der Waals surface area contributed by atoms with Crippen LogP contribution in [0.5, 0.6) is 5.75 Å². The molecule has 1 aromatic carbocycles. The first-order valence-electron chi connectivity index (χ1n) is 5.93. The highest BCUT2D eigenvalue weighted by Gasteiger charge is 2.49. The molecule has 1 aliphatic rings. The number of carboxylic acid groups (broad SMARTS) is 1. The van der Waals surface area contributed by atoms with Crippen LogP contribution in [0.4, 0.5) is 10.1 Å². The maximum Gasteiger partial charge on any atom is 0.327 e. The van der Waals surface area contributed by atoms with Gasteiger partial charge in [0.05, 0.1) is 11.0 Å². The minimum Gasteiger partial charge on any atom is -0.488 e. The van der Waals surface area contributed by atoms with E-state index in [9.17, 15) is 19.3 Å². The number of non-ortho nitro benzene ring substituents is 1. The van der Waals surface area contributed by atoms with E-state index < -0.39 is 27.9 Å². The molecule has 3 N–H and O–H groups in total. The first-order chi connectivity index (χ1) is 9.34. The molecule has 20 heavy (non-hydrogen) atoms. The summed E-state index contributed by atoms with van der Waals surface area (Å²) in [4.78, 5) is 20.9. The molecule has 0 aromatic heterocycles. The molecule has 108 valence electrons. The summed E-state index contributed by atoms with van der Waals surface area (Å²) in [5.41, 5.74) is 3.80. The number of hydrogen-bond acceptors (Lipinski definition) is 5. The molecule has 7 nitrogen and oxygen atoms in total. The summed E-state index contributed by atoms with van der Waals surface area (Å²) in [6.45, 7) is -0.387. The second-order valence-electron chi connectivity index (χ2n) is 4.78. The number of halogens is 1. The van der Waals surface area contributed by atoms with Gasteiger partial charge in [0.25, 0.3) is 5.69 Å². The third kappa shape index (κ3) is 2.69. The predicted molar refractivity (Wildman–Crippen MR) is 65.8 cm³/mol. The number of hydrogen-bond donors (Lipinski definition) is 2. The summed E-state index contributed by atoms with van der Waals surface area (Å²) < 4.78 is 18.7. The Kier molecular flexibility index (Phi) is 3.58. The van der Waals surface area contributed by atoms with Gasteiger partial charge >= 0.3 is 5.97 Å². The van der Waals surface area contributed by atoms with Gasteiger partial charge in [-0.25, -0.2) is 4.39 Å². The van der Waals surface area contributed by atoms with Crippen molar-refractivity contribution in [3.8, 4) is 5.75 Å². The number of benzene rings is 1. The minimum atomic E-state index is -1.56. The van der Waals surface area contributed by atoms with E-state index in [1.54, 1.807) is 0 Å². The lowest BCUT2D eigenvalue weighted by atomic mass is 9.96. The fourth-order valence-corrected chi connectivity index (χ4v) is 1.87. The molecular weight excluding hydrogens is 271 g/mol. The normalized spacial score (nSPS) is 17.3. The highest BCUT2D eigenvalue weighted by atomic mass is 19.1. The number of carboxylic acids is 1. The molecule has 0 bridgehead atoms. The van der Waals surface area contributed by atoms with Gasteiger partial charge in [0.15, 0.2) is 17.1 Å². The lowest BCUT2D eigenvalue weighted by Gasteiger charge is -2.24. The Morgan fingerprint density at radius 1 is 1.60 bits per heavy atom. The second-order valence-corrected chi connectivity index (χ2v) is 4.78. The summed E-state index contributed by atoms with van der Waals surface area (Å²) in [5.74, 6) is -2.58. The van der Waals surface area contributed by atoms with Gasteiger partial charge < -0.3 is 15.6 Å². The van der Waals surface area contributed by atoms with E-state index in [1.165, 1.54) is 0 Å². The highest BCUT2D eigenvalue weighted by molar-refractivity contribution is 5.79. The van der Waals surface area contributed by atoms with Gasteiger partial charge in [-0.05, 0) is 24.8 Å². The molecule has 1 unspecified atom stereocenters. The monoisotopic (exact) mass is 284 g/mol. The van der Waals surface area contributed by atoms with Gasteiger partial charge in [0.1, 0.15) is 6.61 Å². The first-order valence-corrected chi connectivity index (χ1v) is 5.93. The smallest absolute Gasteiger partial charge is 0.327 e. The molecule has 0 saturated heterocycles. The van der Waals surface area contributed by atoms with Crippen molar-refractivity contribution >= 4 is 11.7 Å². The molecule has 0 aliphatic heterocycles. The maximum atomic E-state index is 13.6. The summed E-state index contributed by atoms with van der Waals surface area (Å²) in [6, 6.07) is 2.88. The summed E-state index contributed by atoms with van der Waals surface area (Å²) in [5, 5.41) is 19.6. The van der Waals surface area contributed by atoms with Crippen molar-refractivity contribution in [2.75, 3.05) is 6.61 Å².